The second kappa shape index (κ2) is 7.63. The van der Waals surface area contributed by atoms with E-state index >= 15 is 0 Å². The van der Waals surface area contributed by atoms with Crippen molar-refractivity contribution in [2.24, 2.45) is 0 Å². The van der Waals surface area contributed by atoms with E-state index in [-0.39, 0.29) is 6.04 Å². The van der Waals surface area contributed by atoms with Crippen LogP contribution in [0.2, 0.25) is 0 Å². The van der Waals surface area contributed by atoms with Gasteiger partial charge in [-0.1, -0.05) is 17.8 Å². The van der Waals surface area contributed by atoms with E-state index in [4.69, 9.17) is 9.47 Å². The van der Waals surface area contributed by atoms with E-state index < -0.39 is 0 Å². The minimum Gasteiger partial charge on any atom is -0.497 e. The first kappa shape index (κ1) is 16.1. The lowest BCUT2D eigenvalue weighted by Gasteiger charge is -2.19. The zero-order chi connectivity index (χ0) is 15.2. The lowest BCUT2D eigenvalue weighted by Crippen LogP contribution is -2.19. The molecule has 1 atom stereocenters. The summed E-state index contributed by atoms with van der Waals surface area (Å²) in [7, 11) is 5.27. The van der Waals surface area contributed by atoms with Crippen molar-refractivity contribution in [1.82, 2.24) is 14.7 Å². The van der Waals surface area contributed by atoms with Gasteiger partial charge < -0.3 is 14.8 Å². The molecular formula is C14H19N3O2S2. The first-order valence-corrected chi connectivity index (χ1v) is 8.26. The summed E-state index contributed by atoms with van der Waals surface area (Å²) in [5.41, 5.74) is 1.11. The zero-order valence-electron chi connectivity index (χ0n) is 12.5. The Bertz CT molecular complexity index is 589. The maximum atomic E-state index is 5.47. The molecule has 1 aromatic heterocycles. The van der Waals surface area contributed by atoms with Crippen LogP contribution >= 0.6 is 23.3 Å². The molecule has 0 radical (unpaired) electrons. The average molecular weight is 325 g/mol. The Morgan fingerprint density at radius 1 is 1.33 bits per heavy atom. The van der Waals surface area contributed by atoms with Crippen LogP contribution in [0.4, 0.5) is 0 Å². The van der Waals surface area contributed by atoms with Crippen molar-refractivity contribution in [3.8, 4) is 11.5 Å². The van der Waals surface area contributed by atoms with E-state index in [9.17, 15) is 0 Å². The van der Waals surface area contributed by atoms with Crippen LogP contribution in [0.1, 0.15) is 17.4 Å². The highest BCUT2D eigenvalue weighted by atomic mass is 32.2. The van der Waals surface area contributed by atoms with Gasteiger partial charge in [-0.05, 0) is 31.6 Å². The van der Waals surface area contributed by atoms with Gasteiger partial charge in [0, 0.05) is 23.4 Å². The first-order valence-electron chi connectivity index (χ1n) is 6.50. The van der Waals surface area contributed by atoms with Crippen LogP contribution in [-0.2, 0) is 0 Å². The summed E-state index contributed by atoms with van der Waals surface area (Å²) in [6.07, 6.45) is 0. The Morgan fingerprint density at radius 3 is 2.71 bits per heavy atom. The van der Waals surface area contributed by atoms with E-state index in [1.54, 1.807) is 26.0 Å². The van der Waals surface area contributed by atoms with Gasteiger partial charge in [-0.15, -0.1) is 0 Å². The van der Waals surface area contributed by atoms with Crippen LogP contribution in [0, 0.1) is 6.92 Å². The predicted octanol–water partition coefficient (Wildman–Crippen LogP) is 2.92. The summed E-state index contributed by atoms with van der Waals surface area (Å²) in [6.45, 7) is 1.91. The number of hydrogen-bond donors (Lipinski definition) is 1. The number of ether oxygens (including phenoxy) is 2. The van der Waals surface area contributed by atoms with Crippen LogP contribution in [-0.4, -0.2) is 36.4 Å². The van der Waals surface area contributed by atoms with Gasteiger partial charge in [0.15, 0.2) is 4.34 Å². The molecule has 0 bridgehead atoms. The largest absolute Gasteiger partial charge is 0.497 e. The van der Waals surface area contributed by atoms with Crippen LogP contribution in [0.25, 0.3) is 0 Å². The highest BCUT2D eigenvalue weighted by Crippen LogP contribution is 2.33. The van der Waals surface area contributed by atoms with Gasteiger partial charge in [-0.3, -0.25) is 0 Å². The molecule has 5 nitrogen and oxygen atoms in total. The third-order valence-electron chi connectivity index (χ3n) is 3.05. The van der Waals surface area contributed by atoms with Gasteiger partial charge in [-0.25, -0.2) is 4.98 Å². The molecule has 1 N–H and O–H groups in total. The molecule has 0 spiro atoms. The Balaban J connectivity index is 2.12. The molecule has 2 rings (SSSR count). The highest BCUT2D eigenvalue weighted by Gasteiger charge is 2.16. The zero-order valence-corrected chi connectivity index (χ0v) is 14.2. The molecule has 7 heteroatoms. The highest BCUT2D eigenvalue weighted by molar-refractivity contribution is 8.00. The number of nitrogens with one attached hydrogen (secondary N) is 1. The van der Waals surface area contributed by atoms with Crippen LogP contribution in [0.5, 0.6) is 11.5 Å². The minimum atomic E-state index is 0.167. The Hall–Kier alpha value is -1.31. The Kier molecular flexibility index (Phi) is 5.84. The fraction of sp³-hybridized carbons (Fsp3) is 0.429. The van der Waals surface area contributed by atoms with Gasteiger partial charge in [0.25, 0.3) is 0 Å². The fourth-order valence-corrected chi connectivity index (χ4v) is 3.73. The monoisotopic (exact) mass is 325 g/mol. The van der Waals surface area contributed by atoms with E-state index in [2.05, 4.69) is 14.7 Å². The van der Waals surface area contributed by atoms with E-state index in [0.717, 1.165) is 33.0 Å². The number of rotatable bonds is 7. The van der Waals surface area contributed by atoms with E-state index in [1.165, 1.54) is 11.5 Å². The molecule has 0 aliphatic carbocycles. The molecule has 0 saturated carbocycles. The first-order chi connectivity index (χ1) is 10.2. The molecule has 0 aliphatic rings. The maximum Gasteiger partial charge on any atom is 0.170 e. The molecular weight excluding hydrogens is 306 g/mol. The summed E-state index contributed by atoms with van der Waals surface area (Å²) in [6, 6.07) is 6.05. The van der Waals surface area contributed by atoms with Crippen molar-refractivity contribution >= 4 is 23.3 Å². The SMILES string of the molecule is CNC(CSc1nc(C)ns1)c1ccc(OC)cc1OC. The Morgan fingerprint density at radius 2 is 2.14 bits per heavy atom. The molecule has 0 aliphatic heterocycles. The van der Waals surface area contributed by atoms with Crippen molar-refractivity contribution in [3.63, 3.8) is 0 Å². The smallest absolute Gasteiger partial charge is 0.170 e. The van der Waals surface area contributed by atoms with Crippen molar-refractivity contribution in [3.05, 3.63) is 29.6 Å². The van der Waals surface area contributed by atoms with Crippen LogP contribution in [0.3, 0.4) is 0 Å². The molecule has 0 amide bonds. The van der Waals surface area contributed by atoms with E-state index in [1.807, 2.05) is 32.2 Å². The molecule has 114 valence electrons. The normalized spacial score (nSPS) is 12.2. The molecule has 1 heterocycles. The van der Waals surface area contributed by atoms with Gasteiger partial charge in [0.2, 0.25) is 0 Å². The number of benzene rings is 1. The fourth-order valence-electron chi connectivity index (χ4n) is 1.93. The van der Waals surface area contributed by atoms with Gasteiger partial charge in [0.1, 0.15) is 17.3 Å². The van der Waals surface area contributed by atoms with Crippen molar-refractivity contribution in [2.45, 2.75) is 17.3 Å². The van der Waals surface area contributed by atoms with Crippen molar-refractivity contribution in [2.75, 3.05) is 27.0 Å². The number of aromatic nitrogens is 2. The molecule has 21 heavy (non-hydrogen) atoms. The van der Waals surface area contributed by atoms with Crippen molar-refractivity contribution < 1.29 is 9.47 Å². The minimum absolute atomic E-state index is 0.167. The number of methoxy groups -OCH3 is 2. The predicted molar refractivity (Wildman–Crippen MR) is 86.7 cm³/mol. The number of nitrogens with zero attached hydrogens (tertiary/aromatic N) is 2. The summed E-state index contributed by atoms with van der Waals surface area (Å²) in [5, 5.41) is 3.32. The van der Waals surface area contributed by atoms with Gasteiger partial charge >= 0.3 is 0 Å². The second-order valence-corrected chi connectivity index (χ2v) is 6.39. The molecule has 0 fully saturated rings. The average Bonchev–Trinajstić information content (AvgIpc) is 2.93. The standard InChI is InChI=1S/C14H19N3O2S2/c1-9-16-14(21-17-9)20-8-12(15-2)11-6-5-10(18-3)7-13(11)19-4/h5-7,12,15H,8H2,1-4H3. The lowest BCUT2D eigenvalue weighted by molar-refractivity contribution is 0.387. The molecule has 1 aromatic carbocycles. The van der Waals surface area contributed by atoms with Crippen molar-refractivity contribution in [1.29, 1.82) is 0 Å². The number of thioether (sulfide) groups is 1. The molecule has 1 unspecified atom stereocenters. The number of hydrogen-bond acceptors (Lipinski definition) is 7. The van der Waals surface area contributed by atoms with Crippen LogP contribution in [0.15, 0.2) is 22.5 Å². The van der Waals surface area contributed by atoms with Crippen LogP contribution < -0.4 is 14.8 Å². The third kappa shape index (κ3) is 4.09. The van der Waals surface area contributed by atoms with Gasteiger partial charge in [0.05, 0.1) is 14.2 Å². The topological polar surface area (TPSA) is 56.3 Å². The maximum absolute atomic E-state index is 5.47. The molecule has 2 aromatic rings. The van der Waals surface area contributed by atoms with E-state index in [0.29, 0.717) is 0 Å². The quantitative estimate of drug-likeness (QED) is 0.790. The second-order valence-electron chi connectivity index (χ2n) is 4.37. The summed E-state index contributed by atoms with van der Waals surface area (Å²) < 4.78 is 15.9. The third-order valence-corrected chi connectivity index (χ3v) is 5.07. The summed E-state index contributed by atoms with van der Waals surface area (Å²) >= 11 is 3.13. The lowest BCUT2D eigenvalue weighted by atomic mass is 10.1. The summed E-state index contributed by atoms with van der Waals surface area (Å²) in [4.78, 5) is 4.37. The summed E-state index contributed by atoms with van der Waals surface area (Å²) in [5.74, 6) is 3.29. The molecule has 0 saturated heterocycles. The number of aryl methyl sites for hydroxylation is 1. The Labute approximate surface area is 133 Å². The van der Waals surface area contributed by atoms with Gasteiger partial charge in [-0.2, -0.15) is 4.37 Å².